The summed E-state index contributed by atoms with van der Waals surface area (Å²) < 4.78 is 18.9. The van der Waals surface area contributed by atoms with E-state index in [-0.39, 0.29) is 11.9 Å². The number of fused-ring (bicyclic) bond motifs is 1. The molecule has 0 radical (unpaired) electrons. The van der Waals surface area contributed by atoms with Crippen LogP contribution in [0.4, 0.5) is 10.1 Å². The third kappa shape index (κ3) is 1.97. The molecule has 4 heteroatoms. The van der Waals surface area contributed by atoms with Crippen LogP contribution < -0.4 is 15.4 Å². The molecule has 2 N–H and O–H groups in total. The highest BCUT2D eigenvalue weighted by atomic mass is 19.1. The lowest BCUT2D eigenvalue weighted by Gasteiger charge is -2.35. The molecule has 88 valence electrons. The summed E-state index contributed by atoms with van der Waals surface area (Å²) >= 11 is 0. The fraction of sp³-hybridized carbons (Fsp3) is 0.500. The molecule has 1 heterocycles. The van der Waals surface area contributed by atoms with Crippen molar-refractivity contribution in [2.75, 3.05) is 25.1 Å². The third-order valence-electron chi connectivity index (χ3n) is 3.04. The number of para-hydroxylation sites is 1. The van der Waals surface area contributed by atoms with E-state index in [1.807, 2.05) is 13.1 Å². The van der Waals surface area contributed by atoms with Gasteiger partial charge < -0.3 is 15.4 Å². The Hall–Kier alpha value is -1.29. The number of rotatable bonds is 3. The highest BCUT2D eigenvalue weighted by Crippen LogP contribution is 2.35. The maximum Gasteiger partial charge on any atom is 0.178 e. The molecule has 1 aliphatic rings. The van der Waals surface area contributed by atoms with Crippen molar-refractivity contribution in [1.82, 2.24) is 0 Å². The number of benzene rings is 1. The number of likely N-dealkylation sites (N-methyl/N-ethyl adjacent to an activating group) is 1. The van der Waals surface area contributed by atoms with Gasteiger partial charge in [-0.1, -0.05) is 6.07 Å². The molecule has 0 fully saturated rings. The van der Waals surface area contributed by atoms with Crippen molar-refractivity contribution in [3.8, 4) is 5.75 Å². The second-order valence-corrected chi connectivity index (χ2v) is 4.09. The van der Waals surface area contributed by atoms with E-state index in [9.17, 15) is 4.39 Å². The van der Waals surface area contributed by atoms with Crippen LogP contribution in [-0.4, -0.2) is 26.2 Å². The fourth-order valence-corrected chi connectivity index (χ4v) is 2.04. The van der Waals surface area contributed by atoms with E-state index in [0.29, 0.717) is 18.9 Å². The maximum atomic E-state index is 13.5. The standard InChI is InChI=1S/C12H17FN2O/c1-15-9(4-3-7-14)8-16-12-10(13)5-2-6-11(12)15/h2,5-6,9H,3-4,7-8,14H2,1H3. The second kappa shape index (κ2) is 4.70. The van der Waals surface area contributed by atoms with Crippen LogP contribution >= 0.6 is 0 Å². The predicted molar refractivity (Wildman–Crippen MR) is 62.4 cm³/mol. The molecule has 0 aromatic heterocycles. The molecular weight excluding hydrogens is 207 g/mol. The Morgan fingerprint density at radius 1 is 1.56 bits per heavy atom. The van der Waals surface area contributed by atoms with Gasteiger partial charge in [0.25, 0.3) is 0 Å². The Labute approximate surface area is 95.0 Å². The zero-order valence-corrected chi connectivity index (χ0v) is 9.45. The quantitative estimate of drug-likeness (QED) is 0.850. The van der Waals surface area contributed by atoms with Gasteiger partial charge in [0.15, 0.2) is 11.6 Å². The van der Waals surface area contributed by atoms with Crippen molar-refractivity contribution < 1.29 is 9.13 Å². The van der Waals surface area contributed by atoms with Gasteiger partial charge in [-0.25, -0.2) is 4.39 Å². The molecule has 1 atom stereocenters. The molecule has 16 heavy (non-hydrogen) atoms. The van der Waals surface area contributed by atoms with Crippen molar-refractivity contribution in [2.24, 2.45) is 5.73 Å². The van der Waals surface area contributed by atoms with Crippen LogP contribution in [0.5, 0.6) is 5.75 Å². The van der Waals surface area contributed by atoms with Crippen molar-refractivity contribution in [3.63, 3.8) is 0 Å². The van der Waals surface area contributed by atoms with Gasteiger partial charge in [0.2, 0.25) is 0 Å². The first kappa shape index (κ1) is 11.2. The van der Waals surface area contributed by atoms with Crippen LogP contribution in [0.25, 0.3) is 0 Å². The van der Waals surface area contributed by atoms with E-state index in [1.54, 1.807) is 6.07 Å². The van der Waals surface area contributed by atoms with Gasteiger partial charge in [-0.2, -0.15) is 0 Å². The first-order chi connectivity index (χ1) is 7.74. The first-order valence-electron chi connectivity index (χ1n) is 5.58. The number of hydrogen-bond acceptors (Lipinski definition) is 3. The van der Waals surface area contributed by atoms with Crippen LogP contribution in [0.1, 0.15) is 12.8 Å². The predicted octanol–water partition coefficient (Wildman–Crippen LogP) is 1.76. The minimum absolute atomic E-state index is 0.290. The molecule has 3 nitrogen and oxygen atoms in total. The van der Waals surface area contributed by atoms with E-state index in [2.05, 4.69) is 4.90 Å². The molecule has 1 unspecified atom stereocenters. The summed E-state index contributed by atoms with van der Waals surface area (Å²) in [6, 6.07) is 5.30. The van der Waals surface area contributed by atoms with Gasteiger partial charge in [-0.15, -0.1) is 0 Å². The molecule has 1 aromatic rings. The average molecular weight is 224 g/mol. The van der Waals surface area contributed by atoms with Crippen LogP contribution in [0, 0.1) is 5.82 Å². The summed E-state index contributed by atoms with van der Waals surface area (Å²) in [5, 5.41) is 0. The first-order valence-corrected chi connectivity index (χ1v) is 5.58. The van der Waals surface area contributed by atoms with Gasteiger partial charge in [0.05, 0.1) is 11.7 Å². The number of ether oxygens (including phenoxy) is 1. The van der Waals surface area contributed by atoms with Gasteiger partial charge in [-0.05, 0) is 31.5 Å². The number of nitrogens with zero attached hydrogens (tertiary/aromatic N) is 1. The molecule has 0 aliphatic carbocycles. The molecule has 0 amide bonds. The van der Waals surface area contributed by atoms with Crippen molar-refractivity contribution >= 4 is 5.69 Å². The number of halogens is 1. The highest BCUT2D eigenvalue weighted by molar-refractivity contribution is 5.60. The zero-order chi connectivity index (χ0) is 11.5. The van der Waals surface area contributed by atoms with Crippen LogP contribution in [0.15, 0.2) is 18.2 Å². The summed E-state index contributed by atoms with van der Waals surface area (Å²) in [5.41, 5.74) is 6.32. The fourth-order valence-electron chi connectivity index (χ4n) is 2.04. The zero-order valence-electron chi connectivity index (χ0n) is 9.45. The number of anilines is 1. The van der Waals surface area contributed by atoms with Crippen molar-refractivity contribution in [3.05, 3.63) is 24.0 Å². The Morgan fingerprint density at radius 2 is 2.38 bits per heavy atom. The van der Waals surface area contributed by atoms with E-state index in [0.717, 1.165) is 18.5 Å². The van der Waals surface area contributed by atoms with Gasteiger partial charge in [-0.3, -0.25) is 0 Å². The summed E-state index contributed by atoms with van der Waals surface area (Å²) in [7, 11) is 1.97. The summed E-state index contributed by atoms with van der Waals surface area (Å²) in [6.07, 6.45) is 1.94. The third-order valence-corrected chi connectivity index (χ3v) is 3.04. The van der Waals surface area contributed by atoms with Gasteiger partial charge in [0.1, 0.15) is 6.61 Å². The SMILES string of the molecule is CN1c2cccc(F)c2OCC1CCCN. The van der Waals surface area contributed by atoms with Crippen molar-refractivity contribution in [2.45, 2.75) is 18.9 Å². The van der Waals surface area contributed by atoms with Gasteiger partial charge in [0, 0.05) is 7.05 Å². The lowest BCUT2D eigenvalue weighted by molar-refractivity contribution is 0.247. The lowest BCUT2D eigenvalue weighted by atomic mass is 10.1. The Kier molecular flexibility index (Phi) is 3.29. The van der Waals surface area contributed by atoms with E-state index in [1.165, 1.54) is 6.07 Å². The minimum Gasteiger partial charge on any atom is -0.486 e. The smallest absolute Gasteiger partial charge is 0.178 e. The molecular formula is C12H17FN2O. The van der Waals surface area contributed by atoms with Gasteiger partial charge >= 0.3 is 0 Å². The topological polar surface area (TPSA) is 38.5 Å². The second-order valence-electron chi connectivity index (χ2n) is 4.09. The number of hydrogen-bond donors (Lipinski definition) is 1. The maximum absolute atomic E-state index is 13.5. The highest BCUT2D eigenvalue weighted by Gasteiger charge is 2.25. The minimum atomic E-state index is -0.290. The monoisotopic (exact) mass is 224 g/mol. The van der Waals surface area contributed by atoms with E-state index in [4.69, 9.17) is 10.5 Å². The van der Waals surface area contributed by atoms with E-state index < -0.39 is 0 Å². The Bertz CT molecular complexity index is 370. The lowest BCUT2D eigenvalue weighted by Crippen LogP contribution is -2.40. The largest absolute Gasteiger partial charge is 0.486 e. The van der Waals surface area contributed by atoms with E-state index >= 15 is 0 Å². The number of nitrogens with two attached hydrogens (primary N) is 1. The van der Waals surface area contributed by atoms with Crippen molar-refractivity contribution in [1.29, 1.82) is 0 Å². The Balaban J connectivity index is 2.18. The molecule has 0 saturated carbocycles. The summed E-state index contributed by atoms with van der Waals surface area (Å²) in [5.74, 6) is 0.0793. The summed E-state index contributed by atoms with van der Waals surface area (Å²) in [6.45, 7) is 1.21. The molecule has 0 saturated heterocycles. The van der Waals surface area contributed by atoms with Crippen LogP contribution in [0.3, 0.4) is 0 Å². The molecule has 1 aliphatic heterocycles. The molecule has 0 spiro atoms. The Morgan fingerprint density at radius 3 is 3.12 bits per heavy atom. The molecule has 2 rings (SSSR count). The molecule has 0 bridgehead atoms. The van der Waals surface area contributed by atoms with Crippen LogP contribution in [0.2, 0.25) is 0 Å². The molecule has 1 aromatic carbocycles. The average Bonchev–Trinajstić information content (AvgIpc) is 2.29. The normalized spacial score (nSPS) is 19.2. The summed E-state index contributed by atoms with van der Waals surface area (Å²) in [4.78, 5) is 2.08. The van der Waals surface area contributed by atoms with Crippen LogP contribution in [-0.2, 0) is 0 Å².